The van der Waals surface area contributed by atoms with Crippen molar-refractivity contribution in [3.8, 4) is 0 Å². The molecule has 0 radical (unpaired) electrons. The summed E-state index contributed by atoms with van der Waals surface area (Å²) in [6.45, 7) is 4.45. The normalized spacial score (nSPS) is 37.6. The van der Waals surface area contributed by atoms with Crippen LogP contribution in [0.1, 0.15) is 52.4 Å². The van der Waals surface area contributed by atoms with Crippen molar-refractivity contribution in [2.24, 2.45) is 11.3 Å². The Morgan fingerprint density at radius 3 is 2.50 bits per heavy atom. The Kier molecular flexibility index (Phi) is 3.62. The molecule has 2 fully saturated rings. The molecule has 0 aromatic rings. The average Bonchev–Trinajstić information content (AvgIpc) is 2.73. The van der Waals surface area contributed by atoms with Crippen molar-refractivity contribution in [2.75, 3.05) is 0 Å². The topological polar surface area (TPSA) is 29.1 Å². The van der Waals surface area contributed by atoms with Crippen LogP contribution in [0, 0.1) is 11.3 Å². The minimum atomic E-state index is 0.199. The van der Waals surface area contributed by atoms with Gasteiger partial charge in [-0.15, -0.1) is 0 Å². The fraction of sp³-hybridized carbons (Fsp3) is 0.923. The summed E-state index contributed by atoms with van der Waals surface area (Å²) in [7, 11) is 0. The highest BCUT2D eigenvalue weighted by Crippen LogP contribution is 2.42. The predicted octanol–water partition coefficient (Wildman–Crippen LogP) is 3.24. The summed E-state index contributed by atoms with van der Waals surface area (Å²) >= 11 is 3.66. The average molecular weight is 288 g/mol. The van der Waals surface area contributed by atoms with Crippen LogP contribution >= 0.6 is 15.9 Å². The Bertz CT molecular complexity index is 277. The van der Waals surface area contributed by atoms with Gasteiger partial charge in [0.2, 0.25) is 5.91 Å². The van der Waals surface area contributed by atoms with E-state index in [0.717, 1.165) is 12.8 Å². The van der Waals surface area contributed by atoms with Crippen LogP contribution in [-0.2, 0) is 4.79 Å². The lowest BCUT2D eigenvalue weighted by Crippen LogP contribution is -2.43. The van der Waals surface area contributed by atoms with Gasteiger partial charge in [-0.2, -0.15) is 0 Å². The molecular weight excluding hydrogens is 266 g/mol. The largest absolute Gasteiger partial charge is 0.352 e. The number of carbonyl (C=O) groups is 1. The third-order valence-corrected chi connectivity index (χ3v) is 5.43. The summed E-state index contributed by atoms with van der Waals surface area (Å²) in [4.78, 5) is 12.7. The molecule has 2 nitrogen and oxygen atoms in total. The molecule has 1 N–H and O–H groups in total. The zero-order valence-corrected chi connectivity index (χ0v) is 11.8. The van der Waals surface area contributed by atoms with Crippen molar-refractivity contribution in [1.29, 1.82) is 0 Å². The maximum atomic E-state index is 12.2. The van der Waals surface area contributed by atoms with E-state index in [2.05, 4.69) is 35.1 Å². The maximum Gasteiger partial charge on any atom is 0.223 e. The lowest BCUT2D eigenvalue weighted by atomic mass is 9.81. The van der Waals surface area contributed by atoms with Gasteiger partial charge in [-0.1, -0.05) is 42.6 Å². The Hall–Kier alpha value is -0.0500. The molecule has 2 saturated carbocycles. The van der Waals surface area contributed by atoms with Gasteiger partial charge in [0.15, 0.2) is 0 Å². The predicted molar refractivity (Wildman–Crippen MR) is 69.6 cm³/mol. The summed E-state index contributed by atoms with van der Waals surface area (Å²) < 4.78 is 0. The Morgan fingerprint density at radius 2 is 2.00 bits per heavy atom. The summed E-state index contributed by atoms with van der Waals surface area (Å²) in [6.07, 6.45) is 7.02. The van der Waals surface area contributed by atoms with Crippen molar-refractivity contribution >= 4 is 21.8 Å². The van der Waals surface area contributed by atoms with Crippen LogP contribution in [0.15, 0.2) is 0 Å². The van der Waals surface area contributed by atoms with Crippen LogP contribution in [0.5, 0.6) is 0 Å². The molecule has 0 heterocycles. The highest BCUT2D eigenvalue weighted by atomic mass is 79.9. The summed E-state index contributed by atoms with van der Waals surface area (Å²) in [5.74, 6) is 0.520. The minimum absolute atomic E-state index is 0.199. The maximum absolute atomic E-state index is 12.2. The van der Waals surface area contributed by atoms with E-state index in [1.807, 2.05) is 0 Å². The summed E-state index contributed by atoms with van der Waals surface area (Å²) in [6, 6.07) is 0.365. The number of rotatable bonds is 2. The Labute approximate surface area is 107 Å². The molecule has 0 aromatic carbocycles. The van der Waals surface area contributed by atoms with E-state index in [0.29, 0.717) is 16.8 Å². The van der Waals surface area contributed by atoms with Gasteiger partial charge in [-0.3, -0.25) is 4.79 Å². The standard InChI is InChI=1S/C13H22BrNO/c1-13(2)8-4-5-9(13)12(16)15-11-7-3-6-10(11)14/h9-11H,3-8H2,1-2H3,(H,15,16). The van der Waals surface area contributed by atoms with Crippen LogP contribution in [0.25, 0.3) is 0 Å². The third-order valence-electron chi connectivity index (χ3n) is 4.33. The lowest BCUT2D eigenvalue weighted by molar-refractivity contribution is -0.128. The Balaban J connectivity index is 1.93. The van der Waals surface area contributed by atoms with Gasteiger partial charge in [-0.05, 0) is 31.1 Å². The van der Waals surface area contributed by atoms with Crippen LogP contribution in [-0.4, -0.2) is 16.8 Å². The molecular formula is C13H22BrNO. The molecule has 1 amide bonds. The van der Waals surface area contributed by atoms with Gasteiger partial charge in [-0.25, -0.2) is 0 Å². The lowest BCUT2D eigenvalue weighted by Gasteiger charge is -2.28. The van der Waals surface area contributed by atoms with E-state index in [1.165, 1.54) is 25.7 Å². The number of alkyl halides is 1. The molecule has 2 aliphatic carbocycles. The van der Waals surface area contributed by atoms with Gasteiger partial charge in [0.1, 0.15) is 0 Å². The van der Waals surface area contributed by atoms with Crippen molar-refractivity contribution in [2.45, 2.75) is 63.2 Å². The molecule has 3 atom stereocenters. The molecule has 0 spiro atoms. The van der Waals surface area contributed by atoms with Gasteiger partial charge >= 0.3 is 0 Å². The van der Waals surface area contributed by atoms with E-state index in [4.69, 9.17) is 0 Å². The number of halogens is 1. The van der Waals surface area contributed by atoms with E-state index in [1.54, 1.807) is 0 Å². The molecule has 0 aromatic heterocycles. The first-order valence-electron chi connectivity index (χ1n) is 6.45. The van der Waals surface area contributed by atoms with Crippen molar-refractivity contribution < 1.29 is 4.79 Å². The van der Waals surface area contributed by atoms with Crippen molar-refractivity contribution in [3.63, 3.8) is 0 Å². The van der Waals surface area contributed by atoms with E-state index < -0.39 is 0 Å². The van der Waals surface area contributed by atoms with Gasteiger partial charge < -0.3 is 5.32 Å². The van der Waals surface area contributed by atoms with Gasteiger partial charge in [0.05, 0.1) is 0 Å². The number of carbonyl (C=O) groups excluding carboxylic acids is 1. The molecule has 16 heavy (non-hydrogen) atoms. The second kappa shape index (κ2) is 4.67. The van der Waals surface area contributed by atoms with E-state index in [9.17, 15) is 4.79 Å². The highest BCUT2D eigenvalue weighted by molar-refractivity contribution is 9.09. The fourth-order valence-corrected chi connectivity index (χ4v) is 3.89. The molecule has 2 aliphatic rings. The zero-order chi connectivity index (χ0) is 11.8. The van der Waals surface area contributed by atoms with Crippen LogP contribution < -0.4 is 5.32 Å². The Morgan fingerprint density at radius 1 is 1.25 bits per heavy atom. The highest BCUT2D eigenvalue weighted by Gasteiger charge is 2.40. The summed E-state index contributed by atoms with van der Waals surface area (Å²) in [5.41, 5.74) is 0.199. The minimum Gasteiger partial charge on any atom is -0.352 e. The van der Waals surface area contributed by atoms with Crippen LogP contribution in [0.3, 0.4) is 0 Å². The van der Waals surface area contributed by atoms with Crippen LogP contribution in [0.2, 0.25) is 0 Å². The SMILES string of the molecule is CC1(C)CCCC1C(=O)NC1CCCC1Br. The van der Waals surface area contributed by atoms with E-state index >= 15 is 0 Å². The smallest absolute Gasteiger partial charge is 0.223 e. The fourth-order valence-electron chi connectivity index (χ4n) is 3.17. The summed E-state index contributed by atoms with van der Waals surface area (Å²) in [5, 5.41) is 3.24. The van der Waals surface area contributed by atoms with Crippen LogP contribution in [0.4, 0.5) is 0 Å². The van der Waals surface area contributed by atoms with E-state index in [-0.39, 0.29) is 11.3 Å². The second-order valence-corrected chi connectivity index (χ2v) is 7.17. The molecule has 2 rings (SSSR count). The second-order valence-electron chi connectivity index (χ2n) is 6.00. The third kappa shape index (κ3) is 2.44. The first kappa shape index (κ1) is 12.4. The number of hydrogen-bond acceptors (Lipinski definition) is 1. The number of nitrogens with one attached hydrogen (secondary N) is 1. The zero-order valence-electron chi connectivity index (χ0n) is 10.3. The number of hydrogen-bond donors (Lipinski definition) is 1. The number of amides is 1. The van der Waals surface area contributed by atoms with Gasteiger partial charge in [0.25, 0.3) is 0 Å². The van der Waals surface area contributed by atoms with Gasteiger partial charge in [0, 0.05) is 16.8 Å². The first-order valence-corrected chi connectivity index (χ1v) is 7.37. The molecule has 3 unspecified atom stereocenters. The molecule has 92 valence electrons. The molecule has 0 saturated heterocycles. The monoisotopic (exact) mass is 287 g/mol. The quantitative estimate of drug-likeness (QED) is 0.776. The molecule has 3 heteroatoms. The van der Waals surface area contributed by atoms with Crippen molar-refractivity contribution in [1.82, 2.24) is 5.32 Å². The first-order chi connectivity index (χ1) is 7.50. The molecule has 0 bridgehead atoms. The molecule has 0 aliphatic heterocycles. The van der Waals surface area contributed by atoms with Crippen molar-refractivity contribution in [3.05, 3.63) is 0 Å².